The minimum absolute atomic E-state index is 0.00343. The highest BCUT2D eigenvalue weighted by molar-refractivity contribution is 5.82. The van der Waals surface area contributed by atoms with Gasteiger partial charge in [-0.2, -0.15) is 0 Å². The number of ether oxygens (including phenoxy) is 2. The van der Waals surface area contributed by atoms with Crippen LogP contribution in [-0.4, -0.2) is 59.6 Å². The molecule has 2 aliphatic rings. The molecule has 1 aromatic heterocycles. The first-order chi connectivity index (χ1) is 10.6. The summed E-state index contributed by atoms with van der Waals surface area (Å²) in [5.41, 5.74) is 0. The van der Waals surface area contributed by atoms with Crippen molar-refractivity contribution in [3.8, 4) is 5.75 Å². The number of amides is 2. The summed E-state index contributed by atoms with van der Waals surface area (Å²) in [5.74, 6) is 0.338. The Morgan fingerprint density at radius 1 is 1.59 bits per heavy atom. The Balaban J connectivity index is 1.59. The smallest absolute Gasteiger partial charge is 0.263 e. The van der Waals surface area contributed by atoms with Gasteiger partial charge in [0.1, 0.15) is 12.4 Å². The molecular weight excluding hydrogens is 286 g/mol. The van der Waals surface area contributed by atoms with Crippen LogP contribution in [0, 0.1) is 0 Å². The molecule has 2 aliphatic heterocycles. The van der Waals surface area contributed by atoms with Crippen molar-refractivity contribution in [2.24, 2.45) is 0 Å². The normalized spacial score (nSPS) is 25.9. The number of morpholine rings is 1. The van der Waals surface area contributed by atoms with Gasteiger partial charge in [-0.3, -0.25) is 14.6 Å². The highest BCUT2D eigenvalue weighted by Crippen LogP contribution is 2.19. The monoisotopic (exact) mass is 305 g/mol. The largest absolute Gasteiger partial charge is 0.479 e. The van der Waals surface area contributed by atoms with Crippen molar-refractivity contribution in [1.29, 1.82) is 0 Å². The highest BCUT2D eigenvalue weighted by Gasteiger charge is 2.37. The second kappa shape index (κ2) is 6.31. The average Bonchev–Trinajstić information content (AvgIpc) is 2.54. The summed E-state index contributed by atoms with van der Waals surface area (Å²) in [6, 6.07) is 3.38. The fraction of sp³-hybridized carbons (Fsp3) is 0.533. The van der Waals surface area contributed by atoms with E-state index in [-0.39, 0.29) is 30.6 Å². The SMILES string of the molecule is CC(Oc1cccnc1)C(=O)N1CC[C@@H]2OCC(=O)N[C@H]2C1. The first-order valence-corrected chi connectivity index (χ1v) is 7.40. The Morgan fingerprint density at radius 3 is 3.23 bits per heavy atom. The molecule has 0 bridgehead atoms. The number of piperidine rings is 1. The third kappa shape index (κ3) is 3.19. The number of carbonyl (C=O) groups is 2. The van der Waals surface area contributed by atoms with Gasteiger partial charge in [0.2, 0.25) is 5.91 Å². The summed E-state index contributed by atoms with van der Waals surface area (Å²) in [5, 5.41) is 2.88. The van der Waals surface area contributed by atoms with Gasteiger partial charge in [-0.1, -0.05) is 0 Å². The topological polar surface area (TPSA) is 80.8 Å². The predicted molar refractivity (Wildman–Crippen MR) is 77.2 cm³/mol. The van der Waals surface area contributed by atoms with Crippen LogP contribution >= 0.6 is 0 Å². The molecule has 2 saturated heterocycles. The number of pyridine rings is 1. The molecule has 1 aromatic rings. The van der Waals surface area contributed by atoms with Gasteiger partial charge < -0.3 is 19.7 Å². The lowest BCUT2D eigenvalue weighted by Crippen LogP contribution is -2.62. The van der Waals surface area contributed by atoms with E-state index >= 15 is 0 Å². The molecule has 0 spiro atoms. The number of rotatable bonds is 3. The number of fused-ring (bicyclic) bond motifs is 1. The van der Waals surface area contributed by atoms with Crippen LogP contribution in [-0.2, 0) is 14.3 Å². The molecule has 118 valence electrons. The van der Waals surface area contributed by atoms with Crippen molar-refractivity contribution < 1.29 is 19.1 Å². The van der Waals surface area contributed by atoms with Crippen LogP contribution in [0.15, 0.2) is 24.5 Å². The lowest BCUT2D eigenvalue weighted by atomic mass is 10.00. The van der Waals surface area contributed by atoms with Gasteiger partial charge >= 0.3 is 0 Å². The first kappa shape index (κ1) is 14.8. The molecule has 1 N–H and O–H groups in total. The molecule has 7 heteroatoms. The van der Waals surface area contributed by atoms with Crippen molar-refractivity contribution in [1.82, 2.24) is 15.2 Å². The van der Waals surface area contributed by atoms with Gasteiger partial charge in [0.05, 0.1) is 18.3 Å². The minimum Gasteiger partial charge on any atom is -0.479 e. The van der Waals surface area contributed by atoms with Crippen LogP contribution in [0.3, 0.4) is 0 Å². The lowest BCUT2D eigenvalue weighted by molar-refractivity contribution is -0.149. The van der Waals surface area contributed by atoms with Crippen LogP contribution in [0.5, 0.6) is 5.75 Å². The maximum Gasteiger partial charge on any atom is 0.263 e. The number of nitrogens with one attached hydrogen (secondary N) is 1. The first-order valence-electron chi connectivity index (χ1n) is 7.40. The molecule has 3 heterocycles. The van der Waals surface area contributed by atoms with Gasteiger partial charge in [0, 0.05) is 19.3 Å². The molecule has 3 rings (SSSR count). The van der Waals surface area contributed by atoms with Crippen molar-refractivity contribution >= 4 is 11.8 Å². The molecule has 0 aromatic carbocycles. The molecule has 22 heavy (non-hydrogen) atoms. The Morgan fingerprint density at radius 2 is 2.45 bits per heavy atom. The fourth-order valence-corrected chi connectivity index (χ4v) is 2.83. The van der Waals surface area contributed by atoms with Gasteiger partial charge in [-0.05, 0) is 25.5 Å². The van der Waals surface area contributed by atoms with Gasteiger partial charge in [-0.25, -0.2) is 0 Å². The Bertz CT molecular complexity index is 551. The number of likely N-dealkylation sites (tertiary alicyclic amines) is 1. The molecule has 7 nitrogen and oxygen atoms in total. The Labute approximate surface area is 128 Å². The molecular formula is C15H19N3O4. The second-order valence-corrected chi connectivity index (χ2v) is 5.55. The van der Waals surface area contributed by atoms with Crippen molar-refractivity contribution in [2.75, 3.05) is 19.7 Å². The third-order valence-electron chi connectivity index (χ3n) is 3.93. The zero-order chi connectivity index (χ0) is 15.5. The molecule has 1 unspecified atom stereocenters. The third-order valence-corrected chi connectivity index (χ3v) is 3.93. The van der Waals surface area contributed by atoms with Crippen LogP contribution in [0.25, 0.3) is 0 Å². The van der Waals surface area contributed by atoms with E-state index < -0.39 is 6.10 Å². The summed E-state index contributed by atoms with van der Waals surface area (Å²) < 4.78 is 11.1. The standard InChI is InChI=1S/C15H19N3O4/c1-10(22-11-3-2-5-16-7-11)15(20)18-6-4-13-12(8-18)17-14(19)9-21-13/h2-3,5,7,10,12-13H,4,6,8-9H2,1H3,(H,17,19)/t10?,12-,13-/m0/s1. The van der Waals surface area contributed by atoms with E-state index in [2.05, 4.69) is 10.3 Å². The second-order valence-electron chi connectivity index (χ2n) is 5.55. The molecule has 0 saturated carbocycles. The molecule has 0 aliphatic carbocycles. The van der Waals surface area contributed by atoms with E-state index in [1.54, 1.807) is 36.4 Å². The number of carbonyl (C=O) groups excluding carboxylic acids is 2. The van der Waals surface area contributed by atoms with Crippen LogP contribution < -0.4 is 10.1 Å². The summed E-state index contributed by atoms with van der Waals surface area (Å²) in [6.45, 7) is 2.89. The van der Waals surface area contributed by atoms with Crippen LogP contribution in [0.2, 0.25) is 0 Å². The van der Waals surface area contributed by atoms with Crippen molar-refractivity contribution in [3.05, 3.63) is 24.5 Å². The molecule has 3 atom stereocenters. The Kier molecular flexibility index (Phi) is 4.24. The van der Waals surface area contributed by atoms with E-state index in [1.165, 1.54) is 0 Å². The van der Waals surface area contributed by atoms with Crippen molar-refractivity contribution in [3.63, 3.8) is 0 Å². The van der Waals surface area contributed by atoms with Gasteiger partial charge in [-0.15, -0.1) is 0 Å². The van der Waals surface area contributed by atoms with Gasteiger partial charge in [0.15, 0.2) is 6.10 Å². The van der Waals surface area contributed by atoms with Crippen LogP contribution in [0.1, 0.15) is 13.3 Å². The number of hydrogen-bond donors (Lipinski definition) is 1. The number of nitrogens with zero attached hydrogens (tertiary/aromatic N) is 2. The van der Waals surface area contributed by atoms with E-state index in [9.17, 15) is 9.59 Å². The maximum absolute atomic E-state index is 12.5. The molecule has 2 fully saturated rings. The highest BCUT2D eigenvalue weighted by atomic mass is 16.5. The number of aromatic nitrogens is 1. The molecule has 2 amide bonds. The fourth-order valence-electron chi connectivity index (χ4n) is 2.83. The predicted octanol–water partition coefficient (Wildman–Crippen LogP) is -0.0352. The quantitative estimate of drug-likeness (QED) is 0.848. The van der Waals surface area contributed by atoms with Crippen molar-refractivity contribution in [2.45, 2.75) is 31.6 Å². The van der Waals surface area contributed by atoms with E-state index in [0.29, 0.717) is 18.8 Å². The number of hydrogen-bond acceptors (Lipinski definition) is 5. The summed E-state index contributed by atoms with van der Waals surface area (Å²) in [6.07, 6.45) is 3.34. The lowest BCUT2D eigenvalue weighted by Gasteiger charge is -2.41. The minimum atomic E-state index is -0.596. The van der Waals surface area contributed by atoms with E-state index in [0.717, 1.165) is 6.42 Å². The Hall–Kier alpha value is -2.15. The summed E-state index contributed by atoms with van der Waals surface area (Å²) in [4.78, 5) is 29.6. The van der Waals surface area contributed by atoms with Crippen LogP contribution in [0.4, 0.5) is 0 Å². The zero-order valence-corrected chi connectivity index (χ0v) is 12.4. The maximum atomic E-state index is 12.5. The van der Waals surface area contributed by atoms with Gasteiger partial charge in [0.25, 0.3) is 5.91 Å². The van der Waals surface area contributed by atoms with E-state index in [4.69, 9.17) is 9.47 Å². The summed E-state index contributed by atoms with van der Waals surface area (Å²) in [7, 11) is 0. The zero-order valence-electron chi connectivity index (χ0n) is 12.4. The molecule has 0 radical (unpaired) electrons. The van der Waals surface area contributed by atoms with E-state index in [1.807, 2.05) is 0 Å². The average molecular weight is 305 g/mol. The summed E-state index contributed by atoms with van der Waals surface area (Å²) >= 11 is 0.